The van der Waals surface area contributed by atoms with Crippen molar-refractivity contribution >= 4 is 12.4 Å². The van der Waals surface area contributed by atoms with Gasteiger partial charge < -0.3 is 9.57 Å². The second kappa shape index (κ2) is 5.92. The molecule has 1 atom stereocenters. The standard InChI is InChI=1S/C6H13NO2.ClH/c1-8-7-4-6-2-3-9-5-6;/h6-7H,2-5H2,1H3;1H. The van der Waals surface area contributed by atoms with E-state index in [-0.39, 0.29) is 12.4 Å². The van der Waals surface area contributed by atoms with Gasteiger partial charge in [-0.05, 0) is 12.3 Å². The van der Waals surface area contributed by atoms with E-state index in [9.17, 15) is 0 Å². The molecule has 1 aliphatic heterocycles. The number of rotatable bonds is 3. The third-order valence-corrected chi connectivity index (χ3v) is 1.54. The molecule has 4 heteroatoms. The molecule has 10 heavy (non-hydrogen) atoms. The largest absolute Gasteiger partial charge is 0.381 e. The number of hydroxylamine groups is 1. The zero-order valence-electron chi connectivity index (χ0n) is 6.13. The molecule has 1 fully saturated rings. The topological polar surface area (TPSA) is 30.5 Å². The van der Waals surface area contributed by atoms with E-state index in [2.05, 4.69) is 5.48 Å². The van der Waals surface area contributed by atoms with Gasteiger partial charge in [-0.25, -0.2) is 5.48 Å². The molecule has 0 spiro atoms. The Kier molecular flexibility index (Phi) is 6.02. The zero-order valence-corrected chi connectivity index (χ0v) is 6.95. The Bertz CT molecular complexity index is 76.1. The summed E-state index contributed by atoms with van der Waals surface area (Å²) in [6, 6.07) is 0. The molecule has 1 N–H and O–H groups in total. The molecule has 1 heterocycles. The second-order valence-electron chi connectivity index (χ2n) is 2.28. The van der Waals surface area contributed by atoms with E-state index in [0.29, 0.717) is 5.92 Å². The van der Waals surface area contributed by atoms with Gasteiger partial charge in [0.15, 0.2) is 0 Å². The quantitative estimate of drug-likeness (QED) is 0.625. The van der Waals surface area contributed by atoms with Crippen LogP contribution in [0, 0.1) is 5.92 Å². The number of hydrogen-bond donors (Lipinski definition) is 1. The van der Waals surface area contributed by atoms with Crippen molar-refractivity contribution in [3.8, 4) is 0 Å². The minimum absolute atomic E-state index is 0. The van der Waals surface area contributed by atoms with Crippen LogP contribution in [0.5, 0.6) is 0 Å². The minimum atomic E-state index is 0. The van der Waals surface area contributed by atoms with Crippen LogP contribution in [0.1, 0.15) is 6.42 Å². The van der Waals surface area contributed by atoms with E-state index < -0.39 is 0 Å². The first kappa shape index (κ1) is 10.2. The highest BCUT2D eigenvalue weighted by Gasteiger charge is 2.14. The Balaban J connectivity index is 0.000000810. The van der Waals surface area contributed by atoms with Gasteiger partial charge in [-0.15, -0.1) is 12.4 Å². The molecule has 0 amide bonds. The summed E-state index contributed by atoms with van der Waals surface area (Å²) in [5.74, 6) is 0.657. The lowest BCUT2D eigenvalue weighted by atomic mass is 10.1. The summed E-state index contributed by atoms with van der Waals surface area (Å²) >= 11 is 0. The van der Waals surface area contributed by atoms with Gasteiger partial charge in [-0.3, -0.25) is 0 Å². The molecule has 0 saturated carbocycles. The van der Waals surface area contributed by atoms with Crippen LogP contribution in [0.15, 0.2) is 0 Å². The zero-order chi connectivity index (χ0) is 6.53. The molecule has 0 aromatic rings. The van der Waals surface area contributed by atoms with Gasteiger partial charge in [-0.2, -0.15) is 0 Å². The van der Waals surface area contributed by atoms with E-state index in [1.807, 2.05) is 0 Å². The van der Waals surface area contributed by atoms with Crippen molar-refractivity contribution in [2.45, 2.75) is 6.42 Å². The third kappa shape index (κ3) is 3.37. The van der Waals surface area contributed by atoms with E-state index in [4.69, 9.17) is 9.57 Å². The molecular formula is C6H14ClNO2. The third-order valence-electron chi connectivity index (χ3n) is 1.54. The molecule has 3 nitrogen and oxygen atoms in total. The Hall–Kier alpha value is 0.170. The lowest BCUT2D eigenvalue weighted by molar-refractivity contribution is 0.0766. The molecule has 1 aliphatic rings. The second-order valence-corrected chi connectivity index (χ2v) is 2.28. The fourth-order valence-electron chi connectivity index (χ4n) is 0.946. The average Bonchev–Trinajstić information content (AvgIpc) is 2.34. The van der Waals surface area contributed by atoms with Crippen molar-refractivity contribution in [3.05, 3.63) is 0 Å². The first-order valence-corrected chi connectivity index (χ1v) is 3.27. The summed E-state index contributed by atoms with van der Waals surface area (Å²) in [5.41, 5.74) is 2.81. The maximum absolute atomic E-state index is 5.16. The van der Waals surface area contributed by atoms with Crippen LogP contribution >= 0.6 is 12.4 Å². The van der Waals surface area contributed by atoms with Crippen molar-refractivity contribution in [2.75, 3.05) is 26.9 Å². The molecule has 1 unspecified atom stereocenters. The van der Waals surface area contributed by atoms with Crippen LogP contribution in [-0.4, -0.2) is 26.9 Å². The summed E-state index contributed by atoms with van der Waals surface area (Å²) in [6.45, 7) is 2.71. The Labute approximate surface area is 67.4 Å². The van der Waals surface area contributed by atoms with Gasteiger partial charge in [-0.1, -0.05) is 0 Å². The summed E-state index contributed by atoms with van der Waals surface area (Å²) in [7, 11) is 1.63. The normalized spacial score (nSPS) is 24.3. The molecular weight excluding hydrogens is 154 g/mol. The van der Waals surface area contributed by atoms with Gasteiger partial charge >= 0.3 is 0 Å². The Morgan fingerprint density at radius 1 is 1.70 bits per heavy atom. The number of ether oxygens (including phenoxy) is 1. The Morgan fingerprint density at radius 2 is 2.50 bits per heavy atom. The van der Waals surface area contributed by atoms with Crippen LogP contribution in [0.2, 0.25) is 0 Å². The summed E-state index contributed by atoms with van der Waals surface area (Å²) in [4.78, 5) is 4.70. The van der Waals surface area contributed by atoms with Crippen molar-refractivity contribution in [1.29, 1.82) is 0 Å². The average molecular weight is 168 g/mol. The monoisotopic (exact) mass is 167 g/mol. The molecule has 0 bridgehead atoms. The highest BCUT2D eigenvalue weighted by Crippen LogP contribution is 2.09. The van der Waals surface area contributed by atoms with E-state index in [0.717, 1.165) is 26.2 Å². The highest BCUT2D eigenvalue weighted by molar-refractivity contribution is 5.85. The molecule has 0 aromatic carbocycles. The van der Waals surface area contributed by atoms with Crippen LogP contribution < -0.4 is 5.48 Å². The Morgan fingerprint density at radius 3 is 3.00 bits per heavy atom. The summed E-state index contributed by atoms with van der Waals surface area (Å²) in [6.07, 6.45) is 1.16. The predicted octanol–water partition coefficient (Wildman–Crippen LogP) is 0.596. The highest BCUT2D eigenvalue weighted by atomic mass is 35.5. The van der Waals surface area contributed by atoms with Crippen molar-refractivity contribution in [1.82, 2.24) is 5.48 Å². The van der Waals surface area contributed by atoms with E-state index in [1.165, 1.54) is 0 Å². The number of halogens is 1. The molecule has 0 aliphatic carbocycles. The van der Waals surface area contributed by atoms with E-state index >= 15 is 0 Å². The first-order chi connectivity index (χ1) is 4.43. The first-order valence-electron chi connectivity index (χ1n) is 3.27. The fourth-order valence-corrected chi connectivity index (χ4v) is 0.946. The van der Waals surface area contributed by atoms with Crippen molar-refractivity contribution in [3.63, 3.8) is 0 Å². The summed E-state index contributed by atoms with van der Waals surface area (Å²) in [5, 5.41) is 0. The maximum atomic E-state index is 5.16. The predicted molar refractivity (Wildman–Crippen MR) is 41.2 cm³/mol. The molecule has 62 valence electrons. The lowest BCUT2D eigenvalue weighted by Crippen LogP contribution is -2.21. The summed E-state index contributed by atoms with van der Waals surface area (Å²) < 4.78 is 5.16. The fraction of sp³-hybridized carbons (Fsp3) is 1.00. The van der Waals surface area contributed by atoms with E-state index in [1.54, 1.807) is 7.11 Å². The maximum Gasteiger partial charge on any atom is 0.0572 e. The van der Waals surface area contributed by atoms with Gasteiger partial charge in [0, 0.05) is 13.2 Å². The minimum Gasteiger partial charge on any atom is -0.381 e. The number of hydrogen-bond acceptors (Lipinski definition) is 3. The van der Waals surface area contributed by atoms with Crippen LogP contribution in [0.3, 0.4) is 0 Å². The van der Waals surface area contributed by atoms with Gasteiger partial charge in [0.05, 0.1) is 13.7 Å². The molecule has 0 radical (unpaired) electrons. The van der Waals surface area contributed by atoms with Crippen LogP contribution in [0.25, 0.3) is 0 Å². The SMILES string of the molecule is CONCC1CCOC1.Cl. The van der Waals surface area contributed by atoms with Gasteiger partial charge in [0.25, 0.3) is 0 Å². The van der Waals surface area contributed by atoms with Crippen molar-refractivity contribution < 1.29 is 9.57 Å². The van der Waals surface area contributed by atoms with Crippen LogP contribution in [-0.2, 0) is 9.57 Å². The molecule has 1 rings (SSSR count). The lowest BCUT2D eigenvalue weighted by Gasteiger charge is -2.05. The van der Waals surface area contributed by atoms with Crippen molar-refractivity contribution in [2.24, 2.45) is 5.92 Å². The van der Waals surface area contributed by atoms with Gasteiger partial charge in [0.2, 0.25) is 0 Å². The smallest absolute Gasteiger partial charge is 0.0572 e. The molecule has 0 aromatic heterocycles. The van der Waals surface area contributed by atoms with Crippen LogP contribution in [0.4, 0.5) is 0 Å². The number of nitrogens with one attached hydrogen (secondary N) is 1. The van der Waals surface area contributed by atoms with Gasteiger partial charge in [0.1, 0.15) is 0 Å². The molecule has 1 saturated heterocycles.